The largest absolute Gasteiger partial charge is 2.00 e. The van der Waals surface area contributed by atoms with Gasteiger partial charge in [-0.05, 0) is 0 Å². The number of aromatic nitrogens is 4. The van der Waals surface area contributed by atoms with Gasteiger partial charge in [-0.15, -0.1) is 22.1 Å². The first kappa shape index (κ1) is 60.5. The van der Waals surface area contributed by atoms with Gasteiger partial charge in [0.1, 0.15) is 0 Å². The smallest absolute Gasteiger partial charge is 0.654 e. The number of rotatable bonds is 4. The first-order valence-corrected chi connectivity index (χ1v) is 22.1. The van der Waals surface area contributed by atoms with Crippen LogP contribution in [-0.4, -0.2) is 15.4 Å². The molecule has 5 heterocycles. The van der Waals surface area contributed by atoms with Crippen molar-refractivity contribution < 1.29 is 110 Å². The summed E-state index contributed by atoms with van der Waals surface area (Å²) in [7, 11) is 0. The molecule has 2 aliphatic heterocycles. The molecule has 0 fully saturated rings. The van der Waals surface area contributed by atoms with E-state index in [1.165, 1.54) is 0 Å². The Balaban J connectivity index is 0.00000441. The van der Waals surface area contributed by atoms with Crippen LogP contribution in [0.2, 0.25) is 20.1 Å². The normalized spacial score (nSPS) is 12.6. The average molecular weight is 1320 g/mol. The molecule has 0 unspecified atom stereocenters. The van der Waals surface area contributed by atoms with Crippen LogP contribution in [0, 0.1) is 116 Å². The molecule has 0 saturated heterocycles. The molecule has 4 aromatic carbocycles. The topological polar surface area (TPSA) is 85.5 Å². The molecule has 408 valence electrons. The van der Waals surface area contributed by atoms with Crippen LogP contribution >= 0.6 is 92.8 Å². The Morgan fingerprint density at radius 2 is 0.346 bits per heavy atom. The summed E-state index contributed by atoms with van der Waals surface area (Å²) < 4.78 is 310. The Hall–Kier alpha value is -5.12. The van der Waals surface area contributed by atoms with Crippen LogP contribution in [0.1, 0.15) is 22.8 Å². The Morgan fingerprint density at radius 3 is 0.487 bits per heavy atom. The predicted octanol–water partition coefficient (Wildman–Crippen LogP) is 17.4. The summed E-state index contributed by atoms with van der Waals surface area (Å²) in [5.74, 6) is -57.5. The maximum Gasteiger partial charge on any atom is 2.00 e. The number of benzene rings is 4. The molecule has 7 aromatic rings. The van der Waals surface area contributed by atoms with E-state index in [0.717, 1.165) is 0 Å². The van der Waals surface area contributed by atoms with Crippen molar-refractivity contribution in [2.75, 3.05) is 0 Å². The molecular formula is C44H2Cl8F20FeN4O. The third kappa shape index (κ3) is 8.41. The zero-order valence-electron chi connectivity index (χ0n) is 35.2. The minimum Gasteiger partial charge on any atom is -0.654 e. The van der Waals surface area contributed by atoms with Gasteiger partial charge in [-0.25, -0.2) is 97.8 Å². The van der Waals surface area contributed by atoms with Gasteiger partial charge < -0.3 is 15.4 Å². The fourth-order valence-electron chi connectivity index (χ4n) is 7.69. The van der Waals surface area contributed by atoms with Crippen molar-refractivity contribution in [1.29, 1.82) is 0 Å². The van der Waals surface area contributed by atoms with E-state index in [2.05, 4.69) is 19.9 Å². The first-order valence-electron chi connectivity index (χ1n) is 19.1. The Labute approximate surface area is 466 Å². The van der Waals surface area contributed by atoms with Gasteiger partial charge in [0, 0.05) is 42.3 Å². The fourth-order valence-corrected chi connectivity index (χ4v) is 9.50. The Bertz CT molecular complexity index is 3560. The molecule has 0 amide bonds. The fraction of sp³-hybridized carbons (Fsp3) is 0. The molecule has 0 radical (unpaired) electrons. The summed E-state index contributed by atoms with van der Waals surface area (Å²) >= 11 is 51.8. The van der Waals surface area contributed by atoms with Crippen molar-refractivity contribution in [1.82, 2.24) is 19.9 Å². The minimum absolute atomic E-state index is 0. The Morgan fingerprint density at radius 1 is 0.218 bits per heavy atom. The molecule has 8 bridgehead atoms. The van der Waals surface area contributed by atoms with Crippen LogP contribution in [0.4, 0.5) is 87.8 Å². The maximum absolute atomic E-state index is 16.2. The van der Waals surface area contributed by atoms with Gasteiger partial charge in [0.25, 0.3) is 0 Å². The first-order chi connectivity index (χ1) is 35.4. The van der Waals surface area contributed by atoms with Crippen molar-refractivity contribution in [3.63, 3.8) is 0 Å². The van der Waals surface area contributed by atoms with Crippen molar-refractivity contribution in [3.05, 3.63) is 159 Å². The quantitative estimate of drug-likeness (QED) is 0.0760. The van der Waals surface area contributed by atoms with Crippen molar-refractivity contribution in [3.8, 4) is 44.5 Å². The molecule has 2 N–H and O–H groups in total. The molecule has 2 aliphatic rings. The molecule has 0 atom stereocenters. The summed E-state index contributed by atoms with van der Waals surface area (Å²) in [6.45, 7) is 0. The molecule has 0 spiro atoms. The summed E-state index contributed by atoms with van der Waals surface area (Å²) in [6, 6.07) is 0. The van der Waals surface area contributed by atoms with E-state index in [-0.39, 0.29) is 22.5 Å². The van der Waals surface area contributed by atoms with Gasteiger partial charge in [0.2, 0.25) is 23.3 Å². The van der Waals surface area contributed by atoms with Crippen LogP contribution in [0.25, 0.3) is 86.7 Å². The van der Waals surface area contributed by atoms with Crippen LogP contribution in [0.15, 0.2) is 0 Å². The monoisotopic (exact) mass is 1320 g/mol. The summed E-state index contributed by atoms with van der Waals surface area (Å²) in [5.41, 5.74) is -29.4. The zero-order valence-corrected chi connectivity index (χ0v) is 42.4. The van der Waals surface area contributed by atoms with Gasteiger partial charge >= 0.3 is 17.1 Å². The van der Waals surface area contributed by atoms with Crippen molar-refractivity contribution in [2.24, 2.45) is 0 Å². The number of fused-ring (bicyclic) bond motifs is 8. The number of hydrogen-bond acceptors (Lipinski definition) is 2. The van der Waals surface area contributed by atoms with Gasteiger partial charge in [0.15, 0.2) is 93.1 Å². The SMILES string of the molecule is Fc1c(F)c(F)c(-c2c3nc(c(-c4c(F)c(F)c(F)c(F)c4F)c4[n-]c(c(Cl)c4Cl)c(-c4c(F)c(F)c(F)c(F)c4F)c4nc(c(-c5c(F)c(F)c(F)c(F)c5F)c5[n-]c2c(Cl)c5Cl)C(Cl)=C4Cl)C(Cl)=C3Cl)c(F)c1F.O.[Fe+2]. The summed E-state index contributed by atoms with van der Waals surface area (Å²) in [5, 5.41) is -11.8. The molecule has 0 saturated carbocycles. The van der Waals surface area contributed by atoms with E-state index in [9.17, 15) is 17.6 Å². The Kier molecular flexibility index (Phi) is 16.4. The molecule has 5 nitrogen and oxygen atoms in total. The molecule has 9 rings (SSSR count). The van der Waals surface area contributed by atoms with Gasteiger partial charge in [-0.2, -0.15) is 0 Å². The van der Waals surface area contributed by atoms with Gasteiger partial charge in [-0.3, -0.25) is 0 Å². The summed E-state index contributed by atoms with van der Waals surface area (Å²) in [4.78, 5) is 15.0. The molecular weight excluding hydrogens is 1320 g/mol. The van der Waals surface area contributed by atoms with E-state index in [4.69, 9.17) is 92.8 Å². The van der Waals surface area contributed by atoms with E-state index in [1.807, 2.05) is 0 Å². The molecule has 3 aromatic heterocycles. The standard InChI is InChI=1S/C44Cl8F20N4.Fe.H2O/c45-9-11(47)39-6(2-19(55)27(63)34(70)28(64)20(2)56)41-13(49)15(51)43(75-41)8(4-23(59)31(67)36(72)32(68)24(4)60)44-16(52)14(50)42(76-44)7(3-21(57)29(65)35(71)30(66)22(3)58)40-12(48)10(46)38(74-40)5(37(9)73-39)1-17(53)25(61)33(69)26(62)18(1)54;;/h;;1H2/q-2;+2;. The average Bonchev–Trinajstić information content (AvgIpc) is 4.06. The second-order valence-electron chi connectivity index (χ2n) is 15.0. The van der Waals surface area contributed by atoms with Gasteiger partial charge in [-0.1, -0.05) is 92.8 Å². The van der Waals surface area contributed by atoms with Crippen LogP contribution in [0.5, 0.6) is 0 Å². The molecule has 34 heteroatoms. The summed E-state index contributed by atoms with van der Waals surface area (Å²) in [6.07, 6.45) is 0. The third-order valence-electron chi connectivity index (χ3n) is 11.1. The van der Waals surface area contributed by atoms with E-state index in [0.29, 0.717) is 0 Å². The predicted molar refractivity (Wildman–Crippen MR) is 241 cm³/mol. The van der Waals surface area contributed by atoms with Crippen LogP contribution in [0.3, 0.4) is 0 Å². The minimum atomic E-state index is -2.91. The van der Waals surface area contributed by atoms with E-state index in [1.54, 1.807) is 0 Å². The van der Waals surface area contributed by atoms with Gasteiger partial charge in [0.05, 0.1) is 65.2 Å². The molecule has 78 heavy (non-hydrogen) atoms. The van der Waals surface area contributed by atoms with Crippen molar-refractivity contribution >= 4 is 135 Å². The van der Waals surface area contributed by atoms with Crippen molar-refractivity contribution in [2.45, 2.75) is 0 Å². The van der Waals surface area contributed by atoms with E-state index < -0.39 is 246 Å². The number of nitrogens with zero attached hydrogens (tertiary/aromatic N) is 4. The molecule has 0 aliphatic carbocycles. The van der Waals surface area contributed by atoms with Crippen LogP contribution in [-0.2, 0) is 17.1 Å². The van der Waals surface area contributed by atoms with E-state index >= 15 is 70.2 Å². The second kappa shape index (κ2) is 21.1. The number of hydrogen-bond donors (Lipinski definition) is 0. The third-order valence-corrected chi connectivity index (χ3v) is 14.4. The number of halogens is 28. The second-order valence-corrected chi connectivity index (χ2v) is 18.1. The van der Waals surface area contributed by atoms with Crippen LogP contribution < -0.4 is 9.97 Å². The zero-order chi connectivity index (χ0) is 56.2. The maximum atomic E-state index is 16.2.